The third kappa shape index (κ3) is 3.95. The van der Waals surface area contributed by atoms with E-state index >= 15 is 0 Å². The topological polar surface area (TPSA) is 92.4 Å². The van der Waals surface area contributed by atoms with E-state index in [-0.39, 0.29) is 6.54 Å². The number of carboxylic acid groups (broad SMARTS) is 1. The molecule has 60 valence electrons. The van der Waals surface area contributed by atoms with E-state index in [1.54, 1.807) is 5.92 Å². The maximum atomic E-state index is 10.3. The van der Waals surface area contributed by atoms with Crippen molar-refractivity contribution in [1.82, 2.24) is 5.32 Å². The minimum Gasteiger partial charge on any atom is -0.480 e. The molecular formula is C6H8N2O3. The van der Waals surface area contributed by atoms with Gasteiger partial charge in [0.1, 0.15) is 6.04 Å². The number of carbonyl (C=O) groups is 2. The first-order valence-electron chi connectivity index (χ1n) is 2.80. The summed E-state index contributed by atoms with van der Waals surface area (Å²) in [6.45, 7) is -0.154. The van der Waals surface area contributed by atoms with Crippen LogP contribution in [-0.4, -0.2) is 29.6 Å². The standard InChI is InChI=1S/C6H8N2O3/c1-2-5(9)8-3-4(7)6(10)11/h1,4H,3,7H2,(H,8,9)(H,10,11)/t4-/m0/s1. The van der Waals surface area contributed by atoms with Gasteiger partial charge in [-0.3, -0.25) is 9.59 Å². The smallest absolute Gasteiger partial charge is 0.322 e. The first-order chi connectivity index (χ1) is 5.07. The van der Waals surface area contributed by atoms with Crippen LogP contribution in [0.15, 0.2) is 0 Å². The summed E-state index contributed by atoms with van der Waals surface area (Å²) in [5, 5.41) is 10.4. The van der Waals surface area contributed by atoms with E-state index < -0.39 is 17.9 Å². The van der Waals surface area contributed by atoms with Crippen molar-refractivity contribution >= 4 is 11.9 Å². The fraction of sp³-hybridized carbons (Fsp3) is 0.333. The third-order valence-electron chi connectivity index (χ3n) is 0.931. The minimum absolute atomic E-state index is 0.154. The molecule has 11 heavy (non-hydrogen) atoms. The van der Waals surface area contributed by atoms with Crippen LogP contribution in [0.3, 0.4) is 0 Å². The zero-order chi connectivity index (χ0) is 8.85. The van der Waals surface area contributed by atoms with Crippen molar-refractivity contribution in [3.8, 4) is 12.3 Å². The lowest BCUT2D eigenvalue weighted by atomic mass is 10.3. The van der Waals surface area contributed by atoms with Crippen LogP contribution in [0, 0.1) is 12.3 Å². The number of aliphatic carboxylic acids is 1. The number of hydrogen-bond acceptors (Lipinski definition) is 3. The highest BCUT2D eigenvalue weighted by Crippen LogP contribution is 1.74. The van der Waals surface area contributed by atoms with E-state index in [9.17, 15) is 9.59 Å². The van der Waals surface area contributed by atoms with Crippen LogP contribution in [0.1, 0.15) is 0 Å². The lowest BCUT2D eigenvalue weighted by Gasteiger charge is -2.04. The molecular weight excluding hydrogens is 148 g/mol. The second-order valence-electron chi connectivity index (χ2n) is 1.80. The highest BCUT2D eigenvalue weighted by atomic mass is 16.4. The molecule has 0 unspecified atom stereocenters. The average Bonchev–Trinajstić information content (AvgIpc) is 1.99. The first kappa shape index (κ1) is 9.46. The maximum absolute atomic E-state index is 10.3. The normalized spacial score (nSPS) is 11.3. The van der Waals surface area contributed by atoms with E-state index in [1.807, 2.05) is 0 Å². The Morgan fingerprint density at radius 3 is 2.64 bits per heavy atom. The van der Waals surface area contributed by atoms with Crippen molar-refractivity contribution < 1.29 is 14.7 Å². The second kappa shape index (κ2) is 4.30. The Hall–Kier alpha value is -1.54. The monoisotopic (exact) mass is 156 g/mol. The van der Waals surface area contributed by atoms with Crippen LogP contribution >= 0.6 is 0 Å². The van der Waals surface area contributed by atoms with Gasteiger partial charge in [-0.05, 0) is 5.92 Å². The van der Waals surface area contributed by atoms with Gasteiger partial charge in [0.2, 0.25) is 0 Å². The van der Waals surface area contributed by atoms with Crippen LogP contribution in [0.25, 0.3) is 0 Å². The summed E-state index contributed by atoms with van der Waals surface area (Å²) in [5.41, 5.74) is 5.04. The van der Waals surface area contributed by atoms with Crippen LogP contribution in [0.4, 0.5) is 0 Å². The van der Waals surface area contributed by atoms with Crippen LogP contribution in [0.5, 0.6) is 0 Å². The Morgan fingerprint density at radius 1 is 1.73 bits per heavy atom. The van der Waals surface area contributed by atoms with Gasteiger partial charge in [-0.15, -0.1) is 6.42 Å². The van der Waals surface area contributed by atoms with Gasteiger partial charge in [-0.25, -0.2) is 0 Å². The van der Waals surface area contributed by atoms with Gasteiger partial charge in [0.25, 0.3) is 5.91 Å². The fourth-order valence-corrected chi connectivity index (χ4v) is 0.341. The van der Waals surface area contributed by atoms with E-state index in [0.717, 1.165) is 0 Å². The van der Waals surface area contributed by atoms with Gasteiger partial charge in [-0.2, -0.15) is 0 Å². The van der Waals surface area contributed by atoms with Crippen molar-refractivity contribution in [2.45, 2.75) is 6.04 Å². The second-order valence-corrected chi connectivity index (χ2v) is 1.80. The molecule has 0 spiro atoms. The number of rotatable bonds is 3. The minimum atomic E-state index is -1.18. The molecule has 0 saturated heterocycles. The molecule has 0 aliphatic carbocycles. The van der Waals surface area contributed by atoms with Crippen LogP contribution < -0.4 is 11.1 Å². The number of hydrogen-bond donors (Lipinski definition) is 3. The Bertz CT molecular complexity index is 206. The van der Waals surface area contributed by atoms with E-state index in [1.165, 1.54) is 0 Å². The molecule has 1 amide bonds. The zero-order valence-electron chi connectivity index (χ0n) is 5.70. The summed E-state index contributed by atoms with van der Waals surface area (Å²) in [4.78, 5) is 20.4. The van der Waals surface area contributed by atoms with Crippen molar-refractivity contribution in [3.63, 3.8) is 0 Å². The molecule has 1 atom stereocenters. The number of nitrogens with two attached hydrogens (primary N) is 1. The summed E-state index contributed by atoms with van der Waals surface area (Å²) in [5.74, 6) is -0.0828. The van der Waals surface area contributed by atoms with Crippen LogP contribution in [-0.2, 0) is 9.59 Å². The quantitative estimate of drug-likeness (QED) is 0.418. The van der Waals surface area contributed by atoms with Gasteiger partial charge in [0, 0.05) is 6.54 Å². The van der Waals surface area contributed by atoms with Gasteiger partial charge < -0.3 is 16.2 Å². The number of carboxylic acids is 1. The zero-order valence-corrected chi connectivity index (χ0v) is 5.70. The summed E-state index contributed by atoms with van der Waals surface area (Å²) in [7, 11) is 0. The Labute approximate surface area is 63.6 Å². The molecule has 0 aromatic heterocycles. The Balaban J connectivity index is 3.64. The predicted molar refractivity (Wildman–Crippen MR) is 37.5 cm³/mol. The summed E-state index contributed by atoms with van der Waals surface area (Å²) in [6.07, 6.45) is 4.68. The molecule has 0 saturated carbocycles. The molecule has 5 nitrogen and oxygen atoms in total. The highest BCUT2D eigenvalue weighted by Gasteiger charge is 2.10. The Kier molecular flexibility index (Phi) is 3.70. The maximum Gasteiger partial charge on any atom is 0.322 e. The molecule has 0 radical (unpaired) electrons. The molecule has 0 fully saturated rings. The molecule has 0 rings (SSSR count). The molecule has 0 bridgehead atoms. The number of terminal acetylenes is 1. The summed E-state index contributed by atoms with van der Waals surface area (Å²) < 4.78 is 0. The van der Waals surface area contributed by atoms with Crippen molar-refractivity contribution in [3.05, 3.63) is 0 Å². The van der Waals surface area contributed by atoms with E-state index in [4.69, 9.17) is 10.8 Å². The van der Waals surface area contributed by atoms with Gasteiger partial charge in [-0.1, -0.05) is 0 Å². The molecule has 0 heterocycles. The summed E-state index contributed by atoms with van der Waals surface area (Å²) >= 11 is 0. The van der Waals surface area contributed by atoms with Crippen molar-refractivity contribution in [2.75, 3.05) is 6.54 Å². The molecule has 0 aliphatic rings. The highest BCUT2D eigenvalue weighted by molar-refractivity contribution is 5.93. The largest absolute Gasteiger partial charge is 0.480 e. The van der Waals surface area contributed by atoms with E-state index in [2.05, 4.69) is 11.7 Å². The van der Waals surface area contributed by atoms with Crippen molar-refractivity contribution in [2.24, 2.45) is 5.73 Å². The molecule has 0 aromatic carbocycles. The lowest BCUT2D eigenvalue weighted by molar-refractivity contribution is -0.138. The third-order valence-corrected chi connectivity index (χ3v) is 0.931. The van der Waals surface area contributed by atoms with Gasteiger partial charge in [0.05, 0.1) is 0 Å². The van der Waals surface area contributed by atoms with Gasteiger partial charge >= 0.3 is 5.97 Å². The van der Waals surface area contributed by atoms with E-state index in [0.29, 0.717) is 0 Å². The molecule has 0 aromatic rings. The van der Waals surface area contributed by atoms with Crippen LogP contribution in [0.2, 0.25) is 0 Å². The molecule has 4 N–H and O–H groups in total. The summed E-state index contributed by atoms with van der Waals surface area (Å²) in [6, 6.07) is -1.10. The lowest BCUT2D eigenvalue weighted by Crippen LogP contribution is -2.42. The van der Waals surface area contributed by atoms with Crippen molar-refractivity contribution in [1.29, 1.82) is 0 Å². The first-order valence-corrected chi connectivity index (χ1v) is 2.80. The molecule has 5 heteroatoms. The number of nitrogens with one attached hydrogen (secondary N) is 1. The SMILES string of the molecule is C#CC(=O)NC[C@H](N)C(=O)O. The number of amides is 1. The fourth-order valence-electron chi connectivity index (χ4n) is 0.341. The predicted octanol–water partition coefficient (Wildman–Crippen LogP) is -1.85. The average molecular weight is 156 g/mol. The Morgan fingerprint density at radius 2 is 2.27 bits per heavy atom. The van der Waals surface area contributed by atoms with Gasteiger partial charge in [0.15, 0.2) is 0 Å². The molecule has 0 aliphatic heterocycles. The number of carbonyl (C=O) groups excluding carboxylic acids is 1.